The van der Waals surface area contributed by atoms with Crippen molar-refractivity contribution in [2.75, 3.05) is 51.6 Å². The number of hydrogen-bond acceptors (Lipinski definition) is 14. The lowest BCUT2D eigenvalue weighted by Gasteiger charge is -2.34. The first-order valence-electron chi connectivity index (χ1n) is 36.5. The van der Waals surface area contributed by atoms with Gasteiger partial charge in [0, 0.05) is 148 Å². The Labute approximate surface area is 645 Å². The van der Waals surface area contributed by atoms with Crippen LogP contribution in [0.15, 0.2) is 205 Å². The van der Waals surface area contributed by atoms with Crippen LogP contribution in [0, 0.1) is 22.9 Å². The van der Waals surface area contributed by atoms with Crippen LogP contribution in [0.5, 0.6) is 0 Å². The van der Waals surface area contributed by atoms with Crippen LogP contribution in [0.4, 0.5) is 13.2 Å². The molecular formula is C88H75F3N6O11S3. The molecule has 0 unspecified atom stereocenters. The summed E-state index contributed by atoms with van der Waals surface area (Å²) in [5.74, 6) is -2.77. The predicted molar refractivity (Wildman–Crippen MR) is 430 cm³/mol. The Balaban J connectivity index is 0.000000127. The minimum absolute atomic E-state index is 0.0464. The van der Waals surface area contributed by atoms with E-state index < -0.39 is 32.8 Å². The molecule has 9 aromatic carbocycles. The van der Waals surface area contributed by atoms with Gasteiger partial charge in [-0.15, -0.1) is 0 Å². The number of hydrogen-bond donors (Lipinski definition) is 3. The summed E-state index contributed by atoms with van der Waals surface area (Å²) in [6.45, 7) is 7.58. The highest BCUT2D eigenvalue weighted by Gasteiger charge is 2.40. The molecule has 0 atom stereocenters. The molecule has 0 radical (unpaired) electrons. The number of ether oxygens (including phenoxy) is 3. The normalized spacial score (nSPS) is 15.2. The monoisotopic (exact) mass is 1540 g/mol. The standard InChI is InChI=1S/C34H35FN2O4S.C27H21FN2O4S.C27H19FN2O3S/c1-34(2,21-42(3,39)40)18-31(38)22-4-6-23(7-5-22)32-29-16-25-19-36-20-26(25)17-30(29)37(28-10-8-27(35)9-11-28)33(32)24-12-14-41-15-13-24;28-19-5-7-20(8-6-19)30-22-13-18-15-29-35-23(18)14-21(22)24(16-1-3-17(4-2-16)26(31)32)25(30)27(33)9-11-34-12-10-27;28-20-5-7-21(8-6-20)30-23-13-19-15-29-34-24(19)14-22(23)25(26(30)17-9-11-33-12-10-17)16-1-3-18(4-2-16)27(31)32/h4-11,16-17,20,24H,12-15,18-19,21H2,1-3H3;1-8,13-15,33H,9-12H2,(H,31,32);1-9,13-15H,10-12H2,(H,31,32). The molecule has 0 saturated carbocycles. The van der Waals surface area contributed by atoms with Gasteiger partial charge in [0.25, 0.3) is 0 Å². The van der Waals surface area contributed by atoms with E-state index in [2.05, 4.69) is 59.3 Å². The Hall–Kier alpha value is -11.0. The summed E-state index contributed by atoms with van der Waals surface area (Å²) >= 11 is 2.83. The fourth-order valence-electron chi connectivity index (χ4n) is 16.2. The fraction of sp³-hybridized carbons (Fsp3) is 0.227. The number of carbonyl (C=O) groups is 3. The molecule has 0 spiro atoms. The van der Waals surface area contributed by atoms with Crippen LogP contribution >= 0.6 is 23.1 Å². The average molecular weight is 1550 g/mol. The number of carboxylic acid groups (broad SMARTS) is 2. The molecule has 2 saturated heterocycles. The minimum atomic E-state index is -3.21. The van der Waals surface area contributed by atoms with E-state index in [4.69, 9.17) is 14.2 Å². The van der Waals surface area contributed by atoms with Crippen molar-refractivity contribution >= 4 is 115 Å². The third kappa shape index (κ3) is 14.9. The van der Waals surface area contributed by atoms with E-state index >= 15 is 0 Å². The number of benzene rings is 9. The van der Waals surface area contributed by atoms with Gasteiger partial charge < -0.3 is 43.2 Å². The summed E-state index contributed by atoms with van der Waals surface area (Å²) < 4.78 is 99.5. The number of sulfone groups is 1. The summed E-state index contributed by atoms with van der Waals surface area (Å²) in [6, 6.07) is 53.5. The SMILES string of the molecule is CC(C)(CC(=O)c1ccc(-c2c(C3CCOCC3)n(-c3ccc(F)cc3)c3cc4c(cc23)CN=C4)cc1)CS(C)(=O)=O.O=C(O)c1ccc(-c2c(C3(O)CCOCC3)n(-c3ccc(F)cc3)c3cc4cnsc4cc23)cc1.O=C(O)c1ccc(-c2c(C3=CCOCC3)n(-c3ccc(F)cc3)c3cc4cnsc4cc23)cc1. The minimum Gasteiger partial charge on any atom is -0.478 e. The second kappa shape index (κ2) is 30.3. The number of ketones is 1. The summed E-state index contributed by atoms with van der Waals surface area (Å²) in [5.41, 5.74) is 16.4. The molecule has 562 valence electrons. The zero-order valence-electron chi connectivity index (χ0n) is 60.8. The zero-order valence-corrected chi connectivity index (χ0v) is 63.2. The predicted octanol–water partition coefficient (Wildman–Crippen LogP) is 19.2. The van der Waals surface area contributed by atoms with Gasteiger partial charge in [0.1, 0.15) is 32.9 Å². The van der Waals surface area contributed by atoms with Crippen LogP contribution in [0.3, 0.4) is 0 Å². The van der Waals surface area contributed by atoms with E-state index in [0.29, 0.717) is 70.3 Å². The topological polar surface area (TPSA) is 227 Å². The number of rotatable bonds is 16. The van der Waals surface area contributed by atoms with Crippen molar-refractivity contribution in [1.29, 1.82) is 0 Å². The maximum absolute atomic E-state index is 14.0. The molecule has 18 rings (SSSR count). The highest BCUT2D eigenvalue weighted by atomic mass is 32.2. The van der Waals surface area contributed by atoms with Crippen LogP contribution in [0.2, 0.25) is 0 Å². The first-order valence-corrected chi connectivity index (χ1v) is 40.1. The maximum atomic E-state index is 14.0. The Morgan fingerprint density at radius 1 is 0.568 bits per heavy atom. The van der Waals surface area contributed by atoms with Crippen molar-refractivity contribution in [3.05, 3.63) is 263 Å². The van der Waals surface area contributed by atoms with Crippen molar-refractivity contribution in [2.45, 2.75) is 70.4 Å². The van der Waals surface area contributed by atoms with E-state index in [1.165, 1.54) is 71.3 Å². The molecule has 5 aromatic heterocycles. The summed E-state index contributed by atoms with van der Waals surface area (Å²) in [4.78, 5) is 40.6. The molecule has 17 nitrogen and oxygen atoms in total. The molecule has 23 heteroatoms. The second-order valence-electron chi connectivity index (χ2n) is 29.4. The van der Waals surface area contributed by atoms with Gasteiger partial charge in [0.05, 0.1) is 74.0 Å². The van der Waals surface area contributed by atoms with Crippen LogP contribution in [0.1, 0.15) is 118 Å². The molecular weight excluding hydrogens is 1470 g/mol. The second-order valence-corrected chi connectivity index (χ2v) is 33.2. The van der Waals surface area contributed by atoms with Crippen LogP contribution in [-0.2, 0) is 36.2 Å². The van der Waals surface area contributed by atoms with Gasteiger partial charge in [-0.2, -0.15) is 8.75 Å². The number of halogens is 3. The average Bonchev–Trinajstić information content (AvgIpc) is 1.57. The molecule has 0 amide bonds. The Morgan fingerprint density at radius 2 is 1.05 bits per heavy atom. The van der Waals surface area contributed by atoms with E-state index in [-0.39, 0.29) is 52.5 Å². The number of aromatic nitrogens is 5. The molecule has 9 heterocycles. The van der Waals surface area contributed by atoms with Crippen molar-refractivity contribution in [1.82, 2.24) is 22.4 Å². The molecule has 14 aromatic rings. The number of aromatic carboxylic acids is 2. The first-order chi connectivity index (χ1) is 53.5. The fourth-order valence-corrected chi connectivity index (χ4v) is 19.0. The molecule has 4 aliphatic rings. The lowest BCUT2D eigenvalue weighted by molar-refractivity contribution is -0.0708. The van der Waals surface area contributed by atoms with E-state index in [1.54, 1.807) is 60.7 Å². The maximum Gasteiger partial charge on any atom is 0.335 e. The summed E-state index contributed by atoms with van der Waals surface area (Å²) in [5, 5.41) is 35.9. The van der Waals surface area contributed by atoms with E-state index in [0.717, 1.165) is 145 Å². The van der Waals surface area contributed by atoms with Gasteiger partial charge in [0.15, 0.2) is 5.78 Å². The van der Waals surface area contributed by atoms with Gasteiger partial charge in [0.2, 0.25) is 0 Å². The Morgan fingerprint density at radius 3 is 1.58 bits per heavy atom. The molecule has 3 N–H and O–H groups in total. The van der Waals surface area contributed by atoms with Crippen molar-refractivity contribution in [3.63, 3.8) is 0 Å². The van der Waals surface area contributed by atoms with E-state index in [1.807, 2.05) is 91.6 Å². The third-order valence-corrected chi connectivity index (χ3v) is 24.0. The number of fused-ring (bicyclic) bond motifs is 6. The van der Waals surface area contributed by atoms with Crippen molar-refractivity contribution in [3.8, 4) is 50.4 Å². The zero-order chi connectivity index (χ0) is 77.0. The van der Waals surface area contributed by atoms with Gasteiger partial charge in [-0.1, -0.05) is 68.5 Å². The lowest BCUT2D eigenvalue weighted by atomic mass is 9.85. The highest BCUT2D eigenvalue weighted by Crippen LogP contribution is 2.50. The number of carbonyl (C=O) groups excluding carboxylic acids is 1. The number of aliphatic hydroxyl groups is 1. The van der Waals surface area contributed by atoms with Gasteiger partial charge in [-0.05, 0) is 215 Å². The van der Waals surface area contributed by atoms with Gasteiger partial charge in [-0.3, -0.25) is 9.79 Å². The van der Waals surface area contributed by atoms with Crippen molar-refractivity contribution in [2.24, 2.45) is 10.4 Å². The molecule has 2 fully saturated rings. The van der Waals surface area contributed by atoms with Crippen LogP contribution in [0.25, 0.3) is 109 Å². The lowest BCUT2D eigenvalue weighted by Crippen LogP contribution is -2.35. The third-order valence-electron chi connectivity index (χ3n) is 21.2. The number of carboxylic acids is 2. The van der Waals surface area contributed by atoms with Crippen molar-refractivity contribution < 1.29 is 65.5 Å². The highest BCUT2D eigenvalue weighted by molar-refractivity contribution is 7.90. The van der Waals surface area contributed by atoms with Gasteiger partial charge in [-0.25, -0.2) is 31.2 Å². The summed E-state index contributed by atoms with van der Waals surface area (Å²) in [7, 11) is -3.21. The van der Waals surface area contributed by atoms with E-state index in [9.17, 15) is 51.3 Å². The van der Waals surface area contributed by atoms with Crippen LogP contribution < -0.4 is 0 Å². The Kier molecular flexibility index (Phi) is 20.2. The largest absolute Gasteiger partial charge is 0.478 e. The smallest absolute Gasteiger partial charge is 0.335 e. The molecule has 111 heavy (non-hydrogen) atoms. The number of aliphatic imine (C=N–C) groups is 1. The van der Waals surface area contributed by atoms with Gasteiger partial charge >= 0.3 is 11.9 Å². The summed E-state index contributed by atoms with van der Waals surface area (Å²) in [6.07, 6.45) is 12.3. The Bertz CT molecular complexity index is 6130. The number of nitrogens with zero attached hydrogens (tertiary/aromatic N) is 6. The molecule has 0 bridgehead atoms. The molecule has 4 aliphatic heterocycles. The molecule has 0 aliphatic carbocycles. The first kappa shape index (κ1) is 74.1. The van der Waals surface area contributed by atoms with Crippen LogP contribution in [-0.4, -0.2) is 122 Å². The number of Topliss-reactive ketones (excluding diaryl/α,β-unsaturated/α-hetero) is 1. The quantitative estimate of drug-likeness (QED) is 0.0766.